The summed E-state index contributed by atoms with van der Waals surface area (Å²) in [5, 5.41) is 3.38. The van der Waals surface area contributed by atoms with E-state index >= 15 is 0 Å². The van der Waals surface area contributed by atoms with Crippen LogP contribution < -0.4 is 10.2 Å². The average Bonchev–Trinajstić information content (AvgIpc) is 2.40. The number of aryl methyl sites for hydroxylation is 1. The molecule has 0 radical (unpaired) electrons. The van der Waals surface area contributed by atoms with E-state index in [-0.39, 0.29) is 0 Å². The summed E-state index contributed by atoms with van der Waals surface area (Å²) in [7, 11) is 1.73. The van der Waals surface area contributed by atoms with Gasteiger partial charge in [0.15, 0.2) is 0 Å². The first-order chi connectivity index (χ1) is 9.51. The molecule has 0 bridgehead atoms. The molecule has 1 aromatic rings. The number of nitrogens with zero attached hydrogens (tertiary/aromatic N) is 3. The molecule has 5 heteroatoms. The maximum Gasteiger partial charge on any atom is 0.137 e. The van der Waals surface area contributed by atoms with E-state index in [1.54, 1.807) is 7.11 Å². The standard InChI is InChI=1S/C15H28N4O/c1-7-8-16-14-12(4)15(18-13(5)17-14)19(11(2)3)9-10-20-6/h11H,7-10H2,1-6H3,(H,16,17,18). The van der Waals surface area contributed by atoms with Crippen molar-refractivity contribution in [3.05, 3.63) is 11.4 Å². The second kappa shape index (κ2) is 8.04. The molecule has 114 valence electrons. The van der Waals surface area contributed by atoms with E-state index < -0.39 is 0 Å². The lowest BCUT2D eigenvalue weighted by molar-refractivity contribution is 0.203. The molecule has 0 amide bonds. The van der Waals surface area contributed by atoms with Crippen molar-refractivity contribution in [2.75, 3.05) is 37.0 Å². The summed E-state index contributed by atoms with van der Waals surface area (Å²) in [6.07, 6.45) is 1.08. The first-order valence-corrected chi connectivity index (χ1v) is 7.35. The van der Waals surface area contributed by atoms with Crippen molar-refractivity contribution >= 4 is 11.6 Å². The molecular weight excluding hydrogens is 252 g/mol. The van der Waals surface area contributed by atoms with Gasteiger partial charge in [0.05, 0.1) is 6.61 Å². The zero-order chi connectivity index (χ0) is 15.1. The van der Waals surface area contributed by atoms with Crippen LogP contribution in [0.5, 0.6) is 0 Å². The lowest BCUT2D eigenvalue weighted by Gasteiger charge is -2.29. The normalized spacial score (nSPS) is 10.9. The van der Waals surface area contributed by atoms with Crippen LogP contribution in [0.4, 0.5) is 11.6 Å². The number of hydrogen-bond acceptors (Lipinski definition) is 5. The molecule has 0 fully saturated rings. The second-order valence-corrected chi connectivity index (χ2v) is 5.27. The molecule has 0 atom stereocenters. The first kappa shape index (κ1) is 16.7. The Morgan fingerprint density at radius 2 is 1.95 bits per heavy atom. The highest BCUT2D eigenvalue weighted by molar-refractivity contribution is 5.59. The predicted molar refractivity (Wildman–Crippen MR) is 84.6 cm³/mol. The third kappa shape index (κ3) is 4.34. The highest BCUT2D eigenvalue weighted by atomic mass is 16.5. The minimum atomic E-state index is 0.372. The van der Waals surface area contributed by atoms with Gasteiger partial charge in [0.1, 0.15) is 17.5 Å². The SMILES string of the molecule is CCCNc1nc(C)nc(N(CCOC)C(C)C)c1C. The topological polar surface area (TPSA) is 50.3 Å². The van der Waals surface area contributed by atoms with Gasteiger partial charge < -0.3 is 15.0 Å². The van der Waals surface area contributed by atoms with Crippen LogP contribution in [-0.4, -0.2) is 42.8 Å². The summed E-state index contributed by atoms with van der Waals surface area (Å²) in [6, 6.07) is 0.372. The van der Waals surface area contributed by atoms with E-state index in [2.05, 4.69) is 47.9 Å². The van der Waals surface area contributed by atoms with Gasteiger partial charge in [0.25, 0.3) is 0 Å². The van der Waals surface area contributed by atoms with Crippen molar-refractivity contribution in [1.29, 1.82) is 0 Å². The molecule has 1 aromatic heterocycles. The molecule has 0 spiro atoms. The number of anilines is 2. The van der Waals surface area contributed by atoms with Gasteiger partial charge in [-0.1, -0.05) is 6.92 Å². The Balaban J connectivity index is 3.09. The van der Waals surface area contributed by atoms with Crippen LogP contribution in [-0.2, 0) is 4.74 Å². The van der Waals surface area contributed by atoms with Gasteiger partial charge in [-0.15, -0.1) is 0 Å². The van der Waals surface area contributed by atoms with Crippen molar-refractivity contribution in [3.8, 4) is 0 Å². The van der Waals surface area contributed by atoms with E-state index in [9.17, 15) is 0 Å². The van der Waals surface area contributed by atoms with Crippen molar-refractivity contribution < 1.29 is 4.74 Å². The van der Waals surface area contributed by atoms with Gasteiger partial charge in [-0.2, -0.15) is 0 Å². The summed E-state index contributed by atoms with van der Waals surface area (Å²) in [5.74, 6) is 2.74. The molecule has 1 N–H and O–H groups in total. The molecule has 0 aliphatic carbocycles. The molecule has 0 unspecified atom stereocenters. The van der Waals surface area contributed by atoms with E-state index in [0.29, 0.717) is 12.6 Å². The summed E-state index contributed by atoms with van der Waals surface area (Å²) in [4.78, 5) is 11.4. The highest BCUT2D eigenvalue weighted by Gasteiger charge is 2.17. The lowest BCUT2D eigenvalue weighted by atomic mass is 10.2. The number of nitrogens with one attached hydrogen (secondary N) is 1. The average molecular weight is 280 g/mol. The second-order valence-electron chi connectivity index (χ2n) is 5.27. The quantitative estimate of drug-likeness (QED) is 0.793. The van der Waals surface area contributed by atoms with Crippen molar-refractivity contribution in [1.82, 2.24) is 9.97 Å². The van der Waals surface area contributed by atoms with Crippen LogP contribution in [0.15, 0.2) is 0 Å². The zero-order valence-corrected chi connectivity index (χ0v) is 13.7. The molecular formula is C15H28N4O. The molecule has 0 aliphatic rings. The maximum atomic E-state index is 5.21. The largest absolute Gasteiger partial charge is 0.383 e. The van der Waals surface area contributed by atoms with Gasteiger partial charge in [0, 0.05) is 31.8 Å². The number of methoxy groups -OCH3 is 1. The molecule has 0 saturated heterocycles. The molecule has 5 nitrogen and oxygen atoms in total. The van der Waals surface area contributed by atoms with Gasteiger partial charge in [-0.3, -0.25) is 0 Å². The number of rotatable bonds is 8. The molecule has 1 rings (SSSR count). The first-order valence-electron chi connectivity index (χ1n) is 7.35. The van der Waals surface area contributed by atoms with Crippen LogP contribution in [0.25, 0.3) is 0 Å². The minimum absolute atomic E-state index is 0.372. The summed E-state index contributed by atoms with van der Waals surface area (Å²) in [5.41, 5.74) is 1.11. The molecule has 0 aromatic carbocycles. The van der Waals surface area contributed by atoms with Crippen LogP contribution in [0.3, 0.4) is 0 Å². The van der Waals surface area contributed by atoms with Crippen LogP contribution in [0, 0.1) is 13.8 Å². The van der Waals surface area contributed by atoms with Crippen LogP contribution >= 0.6 is 0 Å². The van der Waals surface area contributed by atoms with E-state index in [0.717, 1.165) is 42.5 Å². The number of aromatic nitrogens is 2. The highest BCUT2D eigenvalue weighted by Crippen LogP contribution is 2.25. The van der Waals surface area contributed by atoms with Crippen LogP contribution in [0.2, 0.25) is 0 Å². The summed E-state index contributed by atoms with van der Waals surface area (Å²) >= 11 is 0. The van der Waals surface area contributed by atoms with E-state index in [4.69, 9.17) is 4.74 Å². The van der Waals surface area contributed by atoms with Gasteiger partial charge in [-0.05, 0) is 34.1 Å². The summed E-state index contributed by atoms with van der Waals surface area (Å²) < 4.78 is 5.21. The molecule has 20 heavy (non-hydrogen) atoms. The Bertz CT molecular complexity index is 421. The fourth-order valence-corrected chi connectivity index (χ4v) is 2.11. The Morgan fingerprint density at radius 1 is 1.25 bits per heavy atom. The Labute approximate surface area is 122 Å². The van der Waals surface area contributed by atoms with Crippen molar-refractivity contribution in [3.63, 3.8) is 0 Å². The monoisotopic (exact) mass is 280 g/mol. The Hall–Kier alpha value is -1.36. The van der Waals surface area contributed by atoms with Crippen molar-refractivity contribution in [2.24, 2.45) is 0 Å². The molecule has 0 aliphatic heterocycles. The van der Waals surface area contributed by atoms with Crippen molar-refractivity contribution in [2.45, 2.75) is 47.1 Å². The summed E-state index contributed by atoms with van der Waals surface area (Å²) in [6.45, 7) is 13.0. The Kier molecular flexibility index (Phi) is 6.71. The zero-order valence-electron chi connectivity index (χ0n) is 13.7. The van der Waals surface area contributed by atoms with Crippen LogP contribution in [0.1, 0.15) is 38.6 Å². The smallest absolute Gasteiger partial charge is 0.137 e. The van der Waals surface area contributed by atoms with Gasteiger partial charge >= 0.3 is 0 Å². The molecule has 0 saturated carbocycles. The predicted octanol–water partition coefficient (Wildman–Crippen LogP) is 2.78. The van der Waals surface area contributed by atoms with E-state index in [1.807, 2.05) is 6.92 Å². The number of ether oxygens (including phenoxy) is 1. The third-order valence-electron chi connectivity index (χ3n) is 3.21. The third-order valence-corrected chi connectivity index (χ3v) is 3.21. The van der Waals surface area contributed by atoms with Gasteiger partial charge in [-0.25, -0.2) is 9.97 Å². The van der Waals surface area contributed by atoms with Gasteiger partial charge in [0.2, 0.25) is 0 Å². The lowest BCUT2D eigenvalue weighted by Crippen LogP contribution is -2.35. The maximum absolute atomic E-state index is 5.21. The number of hydrogen-bond donors (Lipinski definition) is 1. The fourth-order valence-electron chi connectivity index (χ4n) is 2.11. The minimum Gasteiger partial charge on any atom is -0.383 e. The molecule has 1 heterocycles. The Morgan fingerprint density at radius 3 is 2.50 bits per heavy atom. The van der Waals surface area contributed by atoms with E-state index in [1.165, 1.54) is 0 Å². The fraction of sp³-hybridized carbons (Fsp3) is 0.733.